The van der Waals surface area contributed by atoms with E-state index in [1.165, 1.54) is 0 Å². The number of H-pyrrole nitrogens is 1. The van der Waals surface area contributed by atoms with E-state index >= 15 is 0 Å². The van der Waals surface area contributed by atoms with E-state index in [4.69, 9.17) is 4.74 Å². The minimum atomic E-state index is 0.0675. The molecule has 1 aliphatic rings. The summed E-state index contributed by atoms with van der Waals surface area (Å²) >= 11 is 0. The monoisotopic (exact) mass is 360 g/mol. The number of para-hydroxylation sites is 1. The normalized spacial score (nSPS) is 14.1. The molecule has 0 aliphatic carbocycles. The van der Waals surface area contributed by atoms with Crippen molar-refractivity contribution < 1.29 is 14.5 Å². The van der Waals surface area contributed by atoms with E-state index < -0.39 is 0 Å². The number of piperazine rings is 1. The van der Waals surface area contributed by atoms with Gasteiger partial charge < -0.3 is 9.64 Å². The molecule has 3 aromatic rings. The largest absolute Gasteiger partial charge is 0.457 e. The Bertz CT molecular complexity index is 874. The summed E-state index contributed by atoms with van der Waals surface area (Å²) in [5.41, 5.74) is 0.690. The van der Waals surface area contributed by atoms with Gasteiger partial charge in [0.1, 0.15) is 24.6 Å². The molecule has 2 heterocycles. The van der Waals surface area contributed by atoms with E-state index in [1.54, 1.807) is 0 Å². The smallest absolute Gasteiger partial charge is 0.274 e. The summed E-state index contributed by atoms with van der Waals surface area (Å²) in [4.78, 5) is 20.2. The molecule has 4 rings (SSSR count). The lowest BCUT2D eigenvalue weighted by Crippen LogP contribution is -2.50. The van der Waals surface area contributed by atoms with Crippen LogP contribution in [0.2, 0.25) is 0 Å². The van der Waals surface area contributed by atoms with Gasteiger partial charge in [-0.05, 0) is 42.5 Å². The Balaban J connectivity index is 1.36. The fraction of sp³-hybridized carbons (Fsp3) is 0.182. The summed E-state index contributed by atoms with van der Waals surface area (Å²) in [6.07, 6.45) is 1.92. The quantitative estimate of drug-likeness (QED) is 0.717. The molecule has 5 nitrogen and oxygen atoms in total. The van der Waals surface area contributed by atoms with Gasteiger partial charge in [-0.25, -0.2) is 4.98 Å². The molecule has 1 fully saturated rings. The zero-order valence-corrected chi connectivity index (χ0v) is 15.0. The number of aromatic amines is 1. The van der Waals surface area contributed by atoms with Crippen molar-refractivity contribution in [3.05, 3.63) is 84.6 Å². The van der Waals surface area contributed by atoms with Crippen LogP contribution in [0.5, 0.6) is 11.5 Å². The molecule has 5 heteroatoms. The van der Waals surface area contributed by atoms with Crippen LogP contribution in [0.15, 0.2) is 79.0 Å². The molecular weight excluding hydrogens is 338 g/mol. The van der Waals surface area contributed by atoms with E-state index in [0.29, 0.717) is 18.7 Å². The van der Waals surface area contributed by atoms with Crippen LogP contribution in [0.25, 0.3) is 0 Å². The highest BCUT2D eigenvalue weighted by Gasteiger charge is 2.26. The van der Waals surface area contributed by atoms with Crippen LogP contribution < -0.4 is 14.6 Å². The van der Waals surface area contributed by atoms with Crippen molar-refractivity contribution in [2.24, 2.45) is 0 Å². The number of pyridine rings is 1. The van der Waals surface area contributed by atoms with Crippen molar-refractivity contribution in [3.63, 3.8) is 0 Å². The van der Waals surface area contributed by atoms with Crippen LogP contribution in [0.1, 0.15) is 10.4 Å². The topological polar surface area (TPSA) is 46.9 Å². The van der Waals surface area contributed by atoms with Gasteiger partial charge in [0.25, 0.3) is 11.7 Å². The maximum Gasteiger partial charge on any atom is 0.274 e. The van der Waals surface area contributed by atoms with E-state index in [0.717, 1.165) is 30.4 Å². The summed E-state index contributed by atoms with van der Waals surface area (Å²) < 4.78 is 5.79. The van der Waals surface area contributed by atoms with Crippen LogP contribution in [-0.4, -0.2) is 37.0 Å². The molecule has 1 saturated heterocycles. The van der Waals surface area contributed by atoms with Gasteiger partial charge in [0, 0.05) is 11.6 Å². The number of nitrogens with one attached hydrogen (secondary N) is 1. The van der Waals surface area contributed by atoms with Gasteiger partial charge in [-0.1, -0.05) is 24.3 Å². The van der Waals surface area contributed by atoms with E-state index in [-0.39, 0.29) is 5.91 Å². The predicted molar refractivity (Wildman–Crippen MR) is 104 cm³/mol. The predicted octanol–water partition coefficient (Wildman–Crippen LogP) is 3.26. The Kier molecular flexibility index (Phi) is 5.01. The average Bonchev–Trinajstić information content (AvgIpc) is 2.75. The zero-order chi connectivity index (χ0) is 18.5. The second-order valence-corrected chi connectivity index (χ2v) is 6.47. The molecule has 1 aromatic heterocycles. The maximum atomic E-state index is 12.8. The lowest BCUT2D eigenvalue weighted by molar-refractivity contribution is -0.364. The van der Waals surface area contributed by atoms with Crippen molar-refractivity contribution in [2.75, 3.05) is 31.1 Å². The zero-order valence-electron chi connectivity index (χ0n) is 15.0. The van der Waals surface area contributed by atoms with Crippen LogP contribution >= 0.6 is 0 Å². The molecule has 0 unspecified atom stereocenters. The Hall–Kier alpha value is -3.34. The molecule has 136 valence electrons. The van der Waals surface area contributed by atoms with Crippen molar-refractivity contribution in [1.82, 2.24) is 4.90 Å². The SMILES string of the molecule is O=C(c1ccc(Oc2ccccc2)cc1)N1CCN(c2cccc[nH+]2)CC1. The molecule has 1 N–H and O–H groups in total. The number of rotatable bonds is 4. The lowest BCUT2D eigenvalue weighted by atomic mass is 10.1. The second-order valence-electron chi connectivity index (χ2n) is 6.47. The van der Waals surface area contributed by atoms with Crippen molar-refractivity contribution in [1.29, 1.82) is 0 Å². The van der Waals surface area contributed by atoms with Crippen LogP contribution in [0.3, 0.4) is 0 Å². The van der Waals surface area contributed by atoms with Crippen molar-refractivity contribution in [3.8, 4) is 11.5 Å². The molecule has 0 radical (unpaired) electrons. The number of carbonyl (C=O) groups excluding carboxylic acids is 1. The van der Waals surface area contributed by atoms with E-state index in [1.807, 2.05) is 77.8 Å². The fourth-order valence-corrected chi connectivity index (χ4v) is 3.20. The maximum absolute atomic E-state index is 12.8. The summed E-state index contributed by atoms with van der Waals surface area (Å²) in [6, 6.07) is 23.0. The highest BCUT2D eigenvalue weighted by Crippen LogP contribution is 2.22. The second kappa shape index (κ2) is 7.91. The Morgan fingerprint density at radius 3 is 2.11 bits per heavy atom. The molecule has 0 saturated carbocycles. The number of ether oxygens (including phenoxy) is 1. The molecule has 0 spiro atoms. The standard InChI is InChI=1S/C22H21N3O2/c26-22(25-16-14-24(15-17-25)21-8-4-5-13-23-21)18-9-11-20(12-10-18)27-19-6-2-1-3-7-19/h1-13H,14-17H2/p+1. The third-order valence-corrected chi connectivity index (χ3v) is 4.68. The van der Waals surface area contributed by atoms with Gasteiger partial charge in [0.15, 0.2) is 0 Å². The summed E-state index contributed by atoms with van der Waals surface area (Å²) in [5.74, 6) is 2.66. The van der Waals surface area contributed by atoms with Crippen molar-refractivity contribution in [2.45, 2.75) is 0 Å². The minimum absolute atomic E-state index is 0.0675. The first-order valence-corrected chi connectivity index (χ1v) is 9.13. The molecule has 1 amide bonds. The lowest BCUT2D eigenvalue weighted by Gasteiger charge is -2.31. The minimum Gasteiger partial charge on any atom is -0.457 e. The first-order valence-electron chi connectivity index (χ1n) is 9.13. The van der Waals surface area contributed by atoms with Gasteiger partial charge in [0.2, 0.25) is 0 Å². The molecule has 1 aliphatic heterocycles. The highest BCUT2D eigenvalue weighted by molar-refractivity contribution is 5.94. The van der Waals surface area contributed by atoms with Gasteiger partial charge in [-0.15, -0.1) is 0 Å². The molecule has 0 bridgehead atoms. The van der Waals surface area contributed by atoms with Crippen LogP contribution in [-0.2, 0) is 0 Å². The van der Waals surface area contributed by atoms with Crippen LogP contribution in [0, 0.1) is 0 Å². The summed E-state index contributed by atoms with van der Waals surface area (Å²) in [5, 5.41) is 0. The van der Waals surface area contributed by atoms with E-state index in [9.17, 15) is 4.79 Å². The molecule has 2 aromatic carbocycles. The Morgan fingerprint density at radius 1 is 0.778 bits per heavy atom. The summed E-state index contributed by atoms with van der Waals surface area (Å²) in [6.45, 7) is 3.07. The molecule has 27 heavy (non-hydrogen) atoms. The number of nitrogens with zero attached hydrogens (tertiary/aromatic N) is 2. The molecular formula is C22H22N3O2+. The first kappa shape index (κ1) is 17.1. The number of hydrogen-bond donors (Lipinski definition) is 0. The number of hydrogen-bond acceptors (Lipinski definition) is 3. The van der Waals surface area contributed by atoms with Gasteiger partial charge in [-0.2, -0.15) is 0 Å². The Morgan fingerprint density at radius 2 is 1.44 bits per heavy atom. The number of aromatic nitrogens is 1. The van der Waals surface area contributed by atoms with E-state index in [2.05, 4.69) is 16.0 Å². The molecule has 0 atom stereocenters. The number of amides is 1. The Labute approximate surface area is 158 Å². The first-order chi connectivity index (χ1) is 13.3. The third kappa shape index (κ3) is 4.08. The van der Waals surface area contributed by atoms with Gasteiger partial charge in [0.05, 0.1) is 19.3 Å². The van der Waals surface area contributed by atoms with Gasteiger partial charge >= 0.3 is 0 Å². The fourth-order valence-electron chi connectivity index (χ4n) is 3.20. The van der Waals surface area contributed by atoms with Crippen molar-refractivity contribution >= 4 is 11.7 Å². The third-order valence-electron chi connectivity index (χ3n) is 4.68. The highest BCUT2D eigenvalue weighted by atomic mass is 16.5. The van der Waals surface area contributed by atoms with Crippen LogP contribution in [0.4, 0.5) is 5.82 Å². The average molecular weight is 360 g/mol. The number of benzene rings is 2. The number of carbonyl (C=O) groups is 1. The van der Waals surface area contributed by atoms with Gasteiger partial charge in [-0.3, -0.25) is 9.69 Å². The number of anilines is 1. The summed E-state index contributed by atoms with van der Waals surface area (Å²) in [7, 11) is 0.